The summed E-state index contributed by atoms with van der Waals surface area (Å²) in [4.78, 5) is 14.5. The van der Waals surface area contributed by atoms with Crippen LogP contribution in [0.25, 0.3) is 0 Å². The molecule has 104 valence electrons. The number of carbonyl (C=O) groups is 1. The van der Waals surface area contributed by atoms with Crippen LogP contribution >= 0.6 is 0 Å². The number of hydrogen-bond acceptors (Lipinski definition) is 3. The lowest BCUT2D eigenvalue weighted by Crippen LogP contribution is -2.37. The molecule has 0 saturated heterocycles. The molecule has 1 aromatic carbocycles. The Hall–Kier alpha value is -1.55. The van der Waals surface area contributed by atoms with E-state index in [-0.39, 0.29) is 11.8 Å². The molecule has 1 aliphatic heterocycles. The largest absolute Gasteiger partial charge is 0.384 e. The van der Waals surface area contributed by atoms with Crippen LogP contribution in [0.15, 0.2) is 24.3 Å². The van der Waals surface area contributed by atoms with Crippen LogP contribution in [0.5, 0.6) is 0 Å². The molecular formula is C15H23N3O. The van der Waals surface area contributed by atoms with E-state index >= 15 is 0 Å². The van der Waals surface area contributed by atoms with Gasteiger partial charge in [0.1, 0.15) is 0 Å². The first kappa shape index (κ1) is 13.9. The summed E-state index contributed by atoms with van der Waals surface area (Å²) in [6.45, 7) is 8.68. The van der Waals surface area contributed by atoms with Gasteiger partial charge < -0.3 is 15.5 Å². The van der Waals surface area contributed by atoms with Gasteiger partial charge in [0.05, 0.1) is 5.92 Å². The van der Waals surface area contributed by atoms with Crippen LogP contribution in [0.2, 0.25) is 0 Å². The number of fused-ring (bicyclic) bond motifs is 1. The molecule has 0 aromatic heterocycles. The first-order valence-corrected chi connectivity index (χ1v) is 7.09. The molecule has 19 heavy (non-hydrogen) atoms. The van der Waals surface area contributed by atoms with Gasteiger partial charge in [-0.3, -0.25) is 4.79 Å². The van der Waals surface area contributed by atoms with Gasteiger partial charge in [0.25, 0.3) is 0 Å². The van der Waals surface area contributed by atoms with E-state index in [1.165, 1.54) is 0 Å². The first-order valence-electron chi connectivity index (χ1n) is 7.09. The van der Waals surface area contributed by atoms with Gasteiger partial charge in [-0.2, -0.15) is 0 Å². The monoisotopic (exact) mass is 261 g/mol. The topological polar surface area (TPSA) is 44.4 Å². The smallest absolute Gasteiger partial charge is 0.229 e. The molecule has 0 aliphatic carbocycles. The zero-order valence-electron chi connectivity index (χ0n) is 11.8. The summed E-state index contributed by atoms with van der Waals surface area (Å²) < 4.78 is 0. The number of carbonyl (C=O) groups excluding carboxylic acids is 1. The third kappa shape index (κ3) is 3.26. The molecule has 4 nitrogen and oxygen atoms in total. The van der Waals surface area contributed by atoms with Crippen LogP contribution in [-0.4, -0.2) is 43.5 Å². The molecular weight excluding hydrogens is 238 g/mol. The maximum absolute atomic E-state index is 12.2. The van der Waals surface area contributed by atoms with Crippen molar-refractivity contribution >= 4 is 11.6 Å². The Balaban J connectivity index is 1.85. The Morgan fingerprint density at radius 3 is 2.84 bits per heavy atom. The minimum atomic E-state index is -0.0482. The van der Waals surface area contributed by atoms with Crippen molar-refractivity contribution in [1.29, 1.82) is 0 Å². The molecule has 1 aromatic rings. The second-order valence-electron chi connectivity index (χ2n) is 4.84. The quantitative estimate of drug-likeness (QED) is 0.818. The average molecular weight is 261 g/mol. The predicted molar refractivity (Wildman–Crippen MR) is 78.5 cm³/mol. The molecule has 1 aliphatic rings. The zero-order chi connectivity index (χ0) is 13.7. The van der Waals surface area contributed by atoms with E-state index in [1.54, 1.807) is 0 Å². The highest BCUT2D eigenvalue weighted by molar-refractivity contribution is 5.88. The van der Waals surface area contributed by atoms with E-state index < -0.39 is 0 Å². The Labute approximate surface area is 115 Å². The van der Waals surface area contributed by atoms with Crippen LogP contribution in [0, 0.1) is 0 Å². The Kier molecular flexibility index (Phi) is 4.80. The molecule has 2 N–H and O–H groups in total. The standard InChI is InChI=1S/C15H23N3O/c1-3-18(4-2)10-9-16-15(19)13-11-17-14-8-6-5-7-12(13)14/h5-8,13,17H,3-4,9-11H2,1-2H3,(H,16,19). The van der Waals surface area contributed by atoms with Crippen molar-refractivity contribution in [2.45, 2.75) is 19.8 Å². The number of nitrogens with zero attached hydrogens (tertiary/aromatic N) is 1. The van der Waals surface area contributed by atoms with Gasteiger partial charge in [0.2, 0.25) is 5.91 Å². The maximum Gasteiger partial charge on any atom is 0.229 e. The fourth-order valence-corrected chi connectivity index (χ4v) is 2.52. The summed E-state index contributed by atoms with van der Waals surface area (Å²) in [6, 6.07) is 8.04. The number of amides is 1. The van der Waals surface area contributed by atoms with Crippen LogP contribution in [0.3, 0.4) is 0 Å². The fraction of sp³-hybridized carbons (Fsp3) is 0.533. The third-order valence-corrected chi connectivity index (χ3v) is 3.77. The third-order valence-electron chi connectivity index (χ3n) is 3.77. The molecule has 0 spiro atoms. The van der Waals surface area contributed by atoms with E-state index in [0.717, 1.165) is 37.4 Å². The van der Waals surface area contributed by atoms with Gasteiger partial charge in [-0.05, 0) is 24.7 Å². The number of rotatable bonds is 6. The molecule has 1 heterocycles. The fourth-order valence-electron chi connectivity index (χ4n) is 2.52. The van der Waals surface area contributed by atoms with E-state index in [9.17, 15) is 4.79 Å². The average Bonchev–Trinajstić information content (AvgIpc) is 2.87. The lowest BCUT2D eigenvalue weighted by atomic mass is 10.0. The number of benzene rings is 1. The number of likely N-dealkylation sites (N-methyl/N-ethyl adjacent to an activating group) is 1. The summed E-state index contributed by atoms with van der Waals surface area (Å²) in [5.74, 6) is 0.0810. The lowest BCUT2D eigenvalue weighted by molar-refractivity contribution is -0.122. The van der Waals surface area contributed by atoms with E-state index in [0.29, 0.717) is 6.54 Å². The number of para-hydroxylation sites is 1. The van der Waals surface area contributed by atoms with E-state index in [1.807, 2.05) is 24.3 Å². The Bertz CT molecular complexity index is 429. The van der Waals surface area contributed by atoms with Gasteiger partial charge in [0, 0.05) is 25.3 Å². The lowest BCUT2D eigenvalue weighted by Gasteiger charge is -2.19. The SMILES string of the molecule is CCN(CC)CCNC(=O)C1CNc2ccccc21. The first-order chi connectivity index (χ1) is 9.26. The second-order valence-corrected chi connectivity index (χ2v) is 4.84. The molecule has 0 fully saturated rings. The molecule has 4 heteroatoms. The summed E-state index contributed by atoms with van der Waals surface area (Å²) in [6.07, 6.45) is 0. The van der Waals surface area contributed by atoms with Crippen molar-refractivity contribution in [3.8, 4) is 0 Å². The Morgan fingerprint density at radius 2 is 2.11 bits per heavy atom. The van der Waals surface area contributed by atoms with Crippen molar-refractivity contribution < 1.29 is 4.79 Å². The maximum atomic E-state index is 12.2. The summed E-state index contributed by atoms with van der Waals surface area (Å²) >= 11 is 0. The minimum absolute atomic E-state index is 0.0482. The number of nitrogens with one attached hydrogen (secondary N) is 2. The van der Waals surface area contributed by atoms with Gasteiger partial charge in [-0.15, -0.1) is 0 Å². The molecule has 2 rings (SSSR count). The van der Waals surface area contributed by atoms with Crippen molar-refractivity contribution in [3.63, 3.8) is 0 Å². The normalized spacial score (nSPS) is 17.1. The van der Waals surface area contributed by atoms with E-state index in [2.05, 4.69) is 29.4 Å². The number of anilines is 1. The molecule has 1 unspecified atom stereocenters. The van der Waals surface area contributed by atoms with E-state index in [4.69, 9.17) is 0 Å². The van der Waals surface area contributed by atoms with Crippen LogP contribution in [-0.2, 0) is 4.79 Å². The van der Waals surface area contributed by atoms with Crippen molar-refractivity contribution in [2.75, 3.05) is 38.0 Å². The van der Waals surface area contributed by atoms with Crippen molar-refractivity contribution in [2.24, 2.45) is 0 Å². The molecule has 1 atom stereocenters. The minimum Gasteiger partial charge on any atom is -0.384 e. The van der Waals surface area contributed by atoms with Crippen LogP contribution in [0.4, 0.5) is 5.69 Å². The molecule has 1 amide bonds. The second kappa shape index (κ2) is 6.57. The summed E-state index contributed by atoms with van der Waals surface area (Å²) in [5, 5.41) is 6.33. The van der Waals surface area contributed by atoms with Crippen molar-refractivity contribution in [3.05, 3.63) is 29.8 Å². The highest BCUT2D eigenvalue weighted by Gasteiger charge is 2.27. The van der Waals surface area contributed by atoms with Crippen LogP contribution < -0.4 is 10.6 Å². The zero-order valence-corrected chi connectivity index (χ0v) is 11.8. The highest BCUT2D eigenvalue weighted by Crippen LogP contribution is 2.30. The predicted octanol–water partition coefficient (Wildman–Crippen LogP) is 1.65. The van der Waals surface area contributed by atoms with Crippen molar-refractivity contribution in [1.82, 2.24) is 10.2 Å². The highest BCUT2D eigenvalue weighted by atomic mass is 16.1. The van der Waals surface area contributed by atoms with Gasteiger partial charge in [-0.1, -0.05) is 32.0 Å². The van der Waals surface area contributed by atoms with Crippen LogP contribution in [0.1, 0.15) is 25.3 Å². The summed E-state index contributed by atoms with van der Waals surface area (Å²) in [7, 11) is 0. The van der Waals surface area contributed by atoms with Gasteiger partial charge in [-0.25, -0.2) is 0 Å². The molecule has 0 radical (unpaired) electrons. The Morgan fingerprint density at radius 1 is 1.37 bits per heavy atom. The number of hydrogen-bond donors (Lipinski definition) is 2. The van der Waals surface area contributed by atoms with Gasteiger partial charge in [0.15, 0.2) is 0 Å². The van der Waals surface area contributed by atoms with Gasteiger partial charge >= 0.3 is 0 Å². The molecule has 0 bridgehead atoms. The molecule has 0 saturated carbocycles. The summed E-state index contributed by atoms with van der Waals surface area (Å²) in [5.41, 5.74) is 2.20.